The summed E-state index contributed by atoms with van der Waals surface area (Å²) in [5.74, 6) is -0.983. The zero-order valence-electron chi connectivity index (χ0n) is 22.0. The molecule has 5 rings (SSSR count). The standard InChI is InChI=1S/C31H27F2N3O4/c1-3-40-31(38)29-18-28-27(16-17-34(28)24-10-6-22(32)7-11-24)36(29)20-30(37)35(25-12-8-23(33)9-13-25)19-21-4-14-26(39-2)15-5-21/h4-18H,3,19-20H2,1-2H3. The SMILES string of the molecule is CCOC(=O)c1cc2c(ccn2-c2ccc(F)cc2)n1CC(=O)N(Cc1ccc(OC)cc1)c1ccc(F)cc1. The number of anilines is 1. The molecule has 5 aromatic rings. The topological polar surface area (TPSA) is 65.7 Å². The van der Waals surface area contributed by atoms with Gasteiger partial charge < -0.3 is 23.5 Å². The molecule has 0 bridgehead atoms. The lowest BCUT2D eigenvalue weighted by atomic mass is 10.1. The number of amides is 1. The number of nitrogens with zero attached hydrogens (tertiary/aromatic N) is 3. The van der Waals surface area contributed by atoms with Gasteiger partial charge in [-0.05, 0) is 85.3 Å². The summed E-state index contributed by atoms with van der Waals surface area (Å²) < 4.78 is 41.2. The fraction of sp³-hybridized carbons (Fsp3) is 0.161. The molecule has 3 aromatic carbocycles. The number of hydrogen-bond donors (Lipinski definition) is 0. The third-order valence-electron chi connectivity index (χ3n) is 6.58. The maximum absolute atomic E-state index is 13.9. The van der Waals surface area contributed by atoms with E-state index in [1.54, 1.807) is 78.2 Å². The molecule has 0 fully saturated rings. The summed E-state index contributed by atoms with van der Waals surface area (Å²) in [7, 11) is 1.58. The van der Waals surface area contributed by atoms with E-state index >= 15 is 0 Å². The lowest BCUT2D eigenvalue weighted by molar-refractivity contribution is -0.119. The van der Waals surface area contributed by atoms with Crippen LogP contribution in [0.15, 0.2) is 91.1 Å². The molecule has 204 valence electrons. The van der Waals surface area contributed by atoms with Crippen molar-refractivity contribution < 1.29 is 27.8 Å². The van der Waals surface area contributed by atoms with Gasteiger partial charge in [-0.25, -0.2) is 13.6 Å². The fourth-order valence-electron chi connectivity index (χ4n) is 4.59. The number of fused-ring (bicyclic) bond motifs is 1. The highest BCUT2D eigenvalue weighted by molar-refractivity contribution is 5.99. The third kappa shape index (κ3) is 5.44. The summed E-state index contributed by atoms with van der Waals surface area (Å²) in [6, 6.07) is 22.4. The molecule has 0 aliphatic carbocycles. The van der Waals surface area contributed by atoms with Gasteiger partial charge in [-0.3, -0.25) is 4.79 Å². The van der Waals surface area contributed by atoms with Gasteiger partial charge in [0.2, 0.25) is 5.91 Å². The number of rotatable bonds is 9. The molecule has 1 amide bonds. The normalized spacial score (nSPS) is 11.0. The zero-order valence-corrected chi connectivity index (χ0v) is 22.0. The average molecular weight is 544 g/mol. The summed E-state index contributed by atoms with van der Waals surface area (Å²) in [4.78, 5) is 28.4. The van der Waals surface area contributed by atoms with Gasteiger partial charge in [0, 0.05) is 17.6 Å². The van der Waals surface area contributed by atoms with Crippen molar-refractivity contribution in [2.75, 3.05) is 18.6 Å². The first-order chi connectivity index (χ1) is 19.4. The number of methoxy groups -OCH3 is 1. The lowest BCUT2D eigenvalue weighted by Gasteiger charge is -2.24. The Bertz CT molecular complexity index is 1640. The molecule has 0 atom stereocenters. The first kappa shape index (κ1) is 26.7. The van der Waals surface area contributed by atoms with Gasteiger partial charge in [0.15, 0.2) is 0 Å². The summed E-state index contributed by atoms with van der Waals surface area (Å²) in [5, 5.41) is 0. The number of carbonyl (C=O) groups is 2. The van der Waals surface area contributed by atoms with Crippen LogP contribution in [0.25, 0.3) is 16.7 Å². The van der Waals surface area contributed by atoms with Crippen molar-refractivity contribution in [2.24, 2.45) is 0 Å². The number of halogens is 2. The minimum Gasteiger partial charge on any atom is -0.497 e. The Hall–Kier alpha value is -4.92. The average Bonchev–Trinajstić information content (AvgIpc) is 3.53. The van der Waals surface area contributed by atoms with E-state index < -0.39 is 11.8 Å². The predicted molar refractivity (Wildman–Crippen MR) is 148 cm³/mol. The Balaban J connectivity index is 1.54. The second-order valence-electron chi connectivity index (χ2n) is 9.07. The van der Waals surface area contributed by atoms with Gasteiger partial charge >= 0.3 is 5.97 Å². The summed E-state index contributed by atoms with van der Waals surface area (Å²) in [6.07, 6.45) is 1.79. The molecular formula is C31H27F2N3O4. The Labute approximate surface area is 229 Å². The summed E-state index contributed by atoms with van der Waals surface area (Å²) >= 11 is 0. The molecule has 2 aromatic heterocycles. The van der Waals surface area contributed by atoms with Crippen molar-refractivity contribution in [2.45, 2.75) is 20.0 Å². The van der Waals surface area contributed by atoms with Gasteiger partial charge in [-0.2, -0.15) is 0 Å². The van der Waals surface area contributed by atoms with Crippen molar-refractivity contribution in [3.05, 3.63) is 114 Å². The first-order valence-electron chi connectivity index (χ1n) is 12.7. The number of carbonyl (C=O) groups excluding carboxylic acids is 2. The molecule has 0 spiro atoms. The third-order valence-corrected chi connectivity index (χ3v) is 6.58. The highest BCUT2D eigenvalue weighted by Crippen LogP contribution is 2.27. The zero-order chi connectivity index (χ0) is 28.2. The lowest BCUT2D eigenvalue weighted by Crippen LogP contribution is -2.34. The molecular weight excluding hydrogens is 516 g/mol. The number of benzene rings is 3. The van der Waals surface area contributed by atoms with E-state index in [9.17, 15) is 18.4 Å². The van der Waals surface area contributed by atoms with Crippen LogP contribution in [0.5, 0.6) is 5.75 Å². The van der Waals surface area contributed by atoms with Crippen molar-refractivity contribution in [1.82, 2.24) is 9.13 Å². The fourth-order valence-corrected chi connectivity index (χ4v) is 4.59. The predicted octanol–water partition coefficient (Wildman–Crippen LogP) is 6.13. The first-order valence-corrected chi connectivity index (χ1v) is 12.7. The van der Waals surface area contributed by atoms with E-state index in [-0.39, 0.29) is 37.1 Å². The van der Waals surface area contributed by atoms with E-state index in [1.807, 2.05) is 16.7 Å². The number of ether oxygens (including phenoxy) is 2. The van der Waals surface area contributed by atoms with Crippen LogP contribution in [-0.2, 0) is 22.6 Å². The number of aromatic nitrogens is 2. The Morgan fingerprint density at radius 2 is 1.50 bits per heavy atom. The quantitative estimate of drug-likeness (QED) is 0.210. The van der Waals surface area contributed by atoms with Crippen molar-refractivity contribution in [1.29, 1.82) is 0 Å². The van der Waals surface area contributed by atoms with Gasteiger partial charge in [-0.15, -0.1) is 0 Å². The van der Waals surface area contributed by atoms with Gasteiger partial charge in [0.1, 0.15) is 29.6 Å². The highest BCUT2D eigenvalue weighted by atomic mass is 19.1. The van der Waals surface area contributed by atoms with E-state index in [0.717, 1.165) is 5.56 Å². The van der Waals surface area contributed by atoms with Crippen LogP contribution in [0.3, 0.4) is 0 Å². The molecule has 0 unspecified atom stereocenters. The van der Waals surface area contributed by atoms with Crippen LogP contribution < -0.4 is 9.64 Å². The molecule has 0 N–H and O–H groups in total. The van der Waals surface area contributed by atoms with Crippen LogP contribution in [0.4, 0.5) is 14.5 Å². The van der Waals surface area contributed by atoms with E-state index in [2.05, 4.69) is 0 Å². The molecule has 0 aliphatic rings. The van der Waals surface area contributed by atoms with Crippen LogP contribution >= 0.6 is 0 Å². The van der Waals surface area contributed by atoms with E-state index in [1.165, 1.54) is 24.3 Å². The second kappa shape index (κ2) is 11.4. The van der Waals surface area contributed by atoms with Gasteiger partial charge in [0.25, 0.3) is 0 Å². The minimum atomic E-state index is -0.569. The second-order valence-corrected chi connectivity index (χ2v) is 9.07. The Morgan fingerprint density at radius 3 is 2.12 bits per heavy atom. The maximum atomic E-state index is 13.9. The summed E-state index contributed by atoms with van der Waals surface area (Å²) in [5.41, 5.74) is 3.54. The molecule has 0 saturated heterocycles. The van der Waals surface area contributed by atoms with Gasteiger partial charge in [-0.1, -0.05) is 12.1 Å². The molecule has 7 nitrogen and oxygen atoms in total. The monoisotopic (exact) mass is 543 g/mol. The number of esters is 1. The largest absolute Gasteiger partial charge is 0.497 e. The maximum Gasteiger partial charge on any atom is 0.355 e. The van der Waals surface area contributed by atoms with Crippen molar-refractivity contribution in [3.8, 4) is 11.4 Å². The van der Waals surface area contributed by atoms with Crippen LogP contribution in [0, 0.1) is 11.6 Å². The molecule has 0 saturated carbocycles. The molecule has 2 heterocycles. The summed E-state index contributed by atoms with van der Waals surface area (Å²) in [6.45, 7) is 1.90. The molecule has 40 heavy (non-hydrogen) atoms. The van der Waals surface area contributed by atoms with Crippen LogP contribution in [0.1, 0.15) is 23.0 Å². The Morgan fingerprint density at radius 1 is 0.850 bits per heavy atom. The minimum absolute atomic E-state index is 0.166. The number of hydrogen-bond acceptors (Lipinski definition) is 4. The smallest absolute Gasteiger partial charge is 0.355 e. The molecule has 0 aliphatic heterocycles. The van der Waals surface area contributed by atoms with Crippen molar-refractivity contribution >= 4 is 28.6 Å². The Kier molecular flexibility index (Phi) is 7.63. The molecule has 9 heteroatoms. The van der Waals surface area contributed by atoms with E-state index in [0.29, 0.717) is 28.2 Å². The van der Waals surface area contributed by atoms with Crippen molar-refractivity contribution in [3.63, 3.8) is 0 Å². The highest BCUT2D eigenvalue weighted by Gasteiger charge is 2.24. The van der Waals surface area contributed by atoms with Crippen LogP contribution in [-0.4, -0.2) is 34.7 Å². The van der Waals surface area contributed by atoms with Crippen LogP contribution in [0.2, 0.25) is 0 Å². The van der Waals surface area contributed by atoms with Gasteiger partial charge in [0.05, 0.1) is 31.3 Å². The molecule has 0 radical (unpaired) electrons. The van der Waals surface area contributed by atoms with E-state index in [4.69, 9.17) is 9.47 Å².